The summed E-state index contributed by atoms with van der Waals surface area (Å²) in [7, 11) is 0. The molecule has 0 bridgehead atoms. The van der Waals surface area contributed by atoms with E-state index in [4.69, 9.17) is 4.99 Å². The Morgan fingerprint density at radius 1 is 0.929 bits per heavy atom. The molecule has 1 aliphatic rings. The van der Waals surface area contributed by atoms with E-state index in [1.807, 2.05) is 84.9 Å². The number of halogens is 1. The summed E-state index contributed by atoms with van der Waals surface area (Å²) in [6.45, 7) is 0.502. The van der Waals surface area contributed by atoms with Gasteiger partial charge in [0.2, 0.25) is 0 Å². The summed E-state index contributed by atoms with van der Waals surface area (Å²) in [4.78, 5) is 20.3. The number of hydrogen-bond donors (Lipinski definition) is 0. The smallest absolute Gasteiger partial charge is 0.267 e. The Morgan fingerprint density at radius 2 is 1.64 bits per heavy atom. The Balaban J connectivity index is 1.70. The Bertz CT molecular complexity index is 1050. The molecule has 0 radical (unpaired) electrons. The molecular weight excluding hydrogens is 479 g/mol. The number of benzene rings is 3. The van der Waals surface area contributed by atoms with Gasteiger partial charge in [-0.05, 0) is 75.8 Å². The van der Waals surface area contributed by atoms with Crippen LogP contribution >= 0.6 is 34.4 Å². The molecule has 1 fully saturated rings. The van der Waals surface area contributed by atoms with Crippen LogP contribution < -0.4 is 0 Å². The molecule has 0 N–H and O–H groups in total. The van der Waals surface area contributed by atoms with Crippen molar-refractivity contribution in [1.29, 1.82) is 0 Å². The van der Waals surface area contributed by atoms with Crippen LogP contribution in [0.1, 0.15) is 11.1 Å². The Labute approximate surface area is 182 Å². The average molecular weight is 496 g/mol. The number of aliphatic imine (C=N–C) groups is 1. The number of amides is 1. The van der Waals surface area contributed by atoms with Gasteiger partial charge in [-0.1, -0.05) is 60.7 Å². The normalized spacial score (nSPS) is 16.9. The molecule has 0 saturated carbocycles. The zero-order chi connectivity index (χ0) is 19.3. The van der Waals surface area contributed by atoms with Crippen LogP contribution in [0.15, 0.2) is 94.8 Å². The van der Waals surface area contributed by atoms with Crippen LogP contribution in [0.4, 0.5) is 5.69 Å². The van der Waals surface area contributed by atoms with Crippen LogP contribution in [0.3, 0.4) is 0 Å². The predicted molar refractivity (Wildman–Crippen MR) is 125 cm³/mol. The fourth-order valence-corrected chi connectivity index (χ4v) is 4.42. The number of carbonyl (C=O) groups is 1. The third kappa shape index (κ3) is 4.54. The van der Waals surface area contributed by atoms with Crippen LogP contribution in [0, 0.1) is 3.57 Å². The minimum absolute atomic E-state index is 0.0117. The molecule has 1 saturated heterocycles. The van der Waals surface area contributed by atoms with E-state index in [2.05, 4.69) is 28.7 Å². The van der Waals surface area contributed by atoms with Gasteiger partial charge in [-0.25, -0.2) is 4.99 Å². The van der Waals surface area contributed by atoms with Crippen molar-refractivity contribution in [3.8, 4) is 0 Å². The predicted octanol–water partition coefficient (Wildman–Crippen LogP) is 6.10. The molecule has 0 aliphatic carbocycles. The van der Waals surface area contributed by atoms with Gasteiger partial charge in [0.05, 0.1) is 17.1 Å². The molecule has 28 heavy (non-hydrogen) atoms. The second kappa shape index (κ2) is 8.75. The van der Waals surface area contributed by atoms with Crippen molar-refractivity contribution in [2.24, 2.45) is 4.99 Å². The van der Waals surface area contributed by atoms with Gasteiger partial charge in [0.25, 0.3) is 5.91 Å². The molecule has 3 nitrogen and oxygen atoms in total. The minimum atomic E-state index is -0.0117. The molecule has 0 aromatic heterocycles. The lowest BCUT2D eigenvalue weighted by Crippen LogP contribution is -2.28. The SMILES string of the molecule is O=C1C(=Cc2cccc(I)c2)SC(=Nc2ccccc2)N1Cc1ccccc1. The molecule has 4 rings (SSSR count). The zero-order valence-corrected chi connectivity index (χ0v) is 17.9. The maximum Gasteiger partial charge on any atom is 0.267 e. The Hall–Kier alpha value is -2.38. The van der Waals surface area contributed by atoms with Gasteiger partial charge >= 0.3 is 0 Å². The van der Waals surface area contributed by atoms with Crippen LogP contribution in [0.2, 0.25) is 0 Å². The topological polar surface area (TPSA) is 32.7 Å². The third-order valence-corrected chi connectivity index (χ3v) is 5.88. The van der Waals surface area contributed by atoms with Crippen molar-refractivity contribution in [2.45, 2.75) is 6.54 Å². The number of nitrogens with zero attached hydrogens (tertiary/aromatic N) is 2. The van der Waals surface area contributed by atoms with Crippen molar-refractivity contribution in [3.63, 3.8) is 0 Å². The number of carbonyl (C=O) groups excluding carboxylic acids is 1. The summed E-state index contributed by atoms with van der Waals surface area (Å²) in [5, 5.41) is 0.705. The van der Waals surface area contributed by atoms with Gasteiger partial charge < -0.3 is 0 Å². The molecule has 1 aliphatic heterocycles. The second-order valence-electron chi connectivity index (χ2n) is 6.27. The van der Waals surface area contributed by atoms with E-state index in [-0.39, 0.29) is 5.91 Å². The number of rotatable bonds is 4. The molecule has 0 spiro atoms. The lowest BCUT2D eigenvalue weighted by Gasteiger charge is -2.15. The highest BCUT2D eigenvalue weighted by molar-refractivity contribution is 14.1. The Morgan fingerprint density at radius 3 is 2.36 bits per heavy atom. The molecule has 0 atom stereocenters. The van der Waals surface area contributed by atoms with Gasteiger partial charge in [-0.3, -0.25) is 9.69 Å². The summed E-state index contributed by atoms with van der Waals surface area (Å²) in [5.74, 6) is -0.0117. The number of amidine groups is 1. The van der Waals surface area contributed by atoms with Gasteiger partial charge in [0, 0.05) is 3.57 Å². The molecule has 1 heterocycles. The fourth-order valence-electron chi connectivity index (χ4n) is 2.86. The van der Waals surface area contributed by atoms with Gasteiger partial charge in [-0.2, -0.15) is 0 Å². The number of para-hydroxylation sites is 1. The van der Waals surface area contributed by atoms with E-state index in [9.17, 15) is 4.79 Å². The highest BCUT2D eigenvalue weighted by Gasteiger charge is 2.33. The molecule has 138 valence electrons. The highest BCUT2D eigenvalue weighted by Crippen LogP contribution is 2.35. The quantitative estimate of drug-likeness (QED) is 0.323. The van der Waals surface area contributed by atoms with Gasteiger partial charge in [0.15, 0.2) is 5.17 Å². The average Bonchev–Trinajstić information content (AvgIpc) is 2.98. The maximum absolute atomic E-state index is 13.2. The summed E-state index contributed by atoms with van der Waals surface area (Å²) in [6.07, 6.45) is 1.95. The minimum Gasteiger partial charge on any atom is -0.282 e. The standard InChI is InChI=1S/C23H17IN2OS/c24-19-11-7-10-18(14-19)15-21-22(27)26(16-17-8-3-1-4-9-17)23(28-21)25-20-12-5-2-6-13-20/h1-15H,16H2. The lowest BCUT2D eigenvalue weighted by molar-refractivity contribution is -0.122. The van der Waals surface area contributed by atoms with Crippen molar-refractivity contribution >= 4 is 57.2 Å². The maximum atomic E-state index is 13.2. The molecule has 3 aromatic carbocycles. The summed E-state index contributed by atoms with van der Waals surface area (Å²) >= 11 is 3.71. The van der Waals surface area contributed by atoms with Crippen molar-refractivity contribution in [1.82, 2.24) is 4.90 Å². The second-order valence-corrected chi connectivity index (χ2v) is 8.53. The van der Waals surface area contributed by atoms with Crippen LogP contribution in [-0.4, -0.2) is 16.0 Å². The van der Waals surface area contributed by atoms with Crippen molar-refractivity contribution in [2.75, 3.05) is 0 Å². The van der Waals surface area contributed by atoms with E-state index in [0.717, 1.165) is 20.4 Å². The van der Waals surface area contributed by atoms with E-state index in [1.54, 1.807) is 4.90 Å². The molecular formula is C23H17IN2OS. The number of hydrogen-bond acceptors (Lipinski definition) is 3. The third-order valence-electron chi connectivity index (χ3n) is 4.20. The number of thioether (sulfide) groups is 1. The first-order valence-corrected chi connectivity index (χ1v) is 10.7. The monoisotopic (exact) mass is 496 g/mol. The molecule has 0 unspecified atom stereocenters. The molecule has 5 heteroatoms. The first-order valence-electron chi connectivity index (χ1n) is 8.84. The van der Waals surface area contributed by atoms with Crippen LogP contribution in [0.25, 0.3) is 6.08 Å². The van der Waals surface area contributed by atoms with Crippen molar-refractivity contribution in [3.05, 3.63) is 105 Å². The van der Waals surface area contributed by atoms with Gasteiger partial charge in [-0.15, -0.1) is 0 Å². The van der Waals surface area contributed by atoms with Crippen LogP contribution in [0.5, 0.6) is 0 Å². The van der Waals surface area contributed by atoms with Gasteiger partial charge in [0.1, 0.15) is 0 Å². The van der Waals surface area contributed by atoms with Crippen molar-refractivity contribution < 1.29 is 4.79 Å². The summed E-state index contributed by atoms with van der Waals surface area (Å²) < 4.78 is 1.14. The fraction of sp³-hybridized carbons (Fsp3) is 0.0435. The van der Waals surface area contributed by atoms with E-state index in [1.165, 1.54) is 11.8 Å². The first kappa shape index (κ1) is 19.0. The van der Waals surface area contributed by atoms with E-state index in [0.29, 0.717) is 16.6 Å². The lowest BCUT2D eigenvalue weighted by atomic mass is 10.2. The highest BCUT2D eigenvalue weighted by atomic mass is 127. The Kier molecular flexibility index (Phi) is 5.92. The van der Waals surface area contributed by atoms with Crippen LogP contribution in [-0.2, 0) is 11.3 Å². The first-order chi connectivity index (χ1) is 13.7. The van der Waals surface area contributed by atoms with E-state index >= 15 is 0 Å². The van der Waals surface area contributed by atoms with E-state index < -0.39 is 0 Å². The molecule has 3 aromatic rings. The molecule has 1 amide bonds. The largest absolute Gasteiger partial charge is 0.282 e. The zero-order valence-electron chi connectivity index (χ0n) is 15.0. The summed E-state index contributed by atoms with van der Waals surface area (Å²) in [6, 6.07) is 27.9. The summed E-state index contributed by atoms with van der Waals surface area (Å²) in [5.41, 5.74) is 2.93.